The Bertz CT molecular complexity index is 447. The Morgan fingerprint density at radius 1 is 1.14 bits per heavy atom. The molecule has 0 amide bonds. The molecule has 0 aromatic rings. The summed E-state index contributed by atoms with van der Waals surface area (Å²) in [5.41, 5.74) is -1.54. The minimum Gasteiger partial charge on any atom is -0.465 e. The fourth-order valence-electron chi connectivity index (χ4n) is 4.19. The molecule has 2 atom stereocenters. The van der Waals surface area contributed by atoms with Crippen LogP contribution in [0.4, 0.5) is 0 Å². The van der Waals surface area contributed by atoms with Crippen molar-refractivity contribution in [2.24, 2.45) is 5.92 Å². The molecule has 0 saturated heterocycles. The largest absolute Gasteiger partial charge is 0.465 e. The van der Waals surface area contributed by atoms with E-state index in [1.807, 2.05) is 6.08 Å². The lowest BCUT2D eigenvalue weighted by Gasteiger charge is -2.39. The van der Waals surface area contributed by atoms with Crippen LogP contribution in [0.5, 0.6) is 0 Å². The summed E-state index contributed by atoms with van der Waals surface area (Å²) in [6, 6.07) is 0. The second-order valence-corrected chi connectivity index (χ2v) is 7.89. The van der Waals surface area contributed by atoms with Gasteiger partial charge in [-0.2, -0.15) is 0 Å². The van der Waals surface area contributed by atoms with Crippen molar-refractivity contribution in [3.63, 3.8) is 0 Å². The first kappa shape index (κ1) is 15.4. The van der Waals surface area contributed by atoms with Crippen molar-refractivity contribution >= 4 is 17.7 Å². The molecule has 0 spiro atoms. The van der Waals surface area contributed by atoms with Crippen LogP contribution in [-0.2, 0) is 9.53 Å². The van der Waals surface area contributed by atoms with Crippen LogP contribution in [0.15, 0.2) is 11.0 Å². The summed E-state index contributed by atoms with van der Waals surface area (Å²) in [6.07, 6.45) is 8.99. The van der Waals surface area contributed by atoms with Crippen LogP contribution in [0.3, 0.4) is 0 Å². The number of hydrogen-bond acceptors (Lipinski definition) is 5. The smallest absolute Gasteiger partial charge is 0.344 e. The van der Waals surface area contributed by atoms with Gasteiger partial charge in [-0.15, -0.1) is 11.8 Å². The van der Waals surface area contributed by atoms with Crippen molar-refractivity contribution in [1.29, 1.82) is 0 Å². The number of thioether (sulfide) groups is 1. The van der Waals surface area contributed by atoms with Crippen LogP contribution in [-0.4, -0.2) is 39.7 Å². The zero-order valence-corrected chi connectivity index (χ0v) is 13.3. The molecule has 0 unspecified atom stereocenters. The van der Waals surface area contributed by atoms with Crippen LogP contribution in [0.2, 0.25) is 0 Å². The van der Waals surface area contributed by atoms with E-state index >= 15 is 0 Å². The minimum atomic E-state index is -0.772. The minimum absolute atomic E-state index is 0.128. The average molecular weight is 312 g/mol. The molecule has 21 heavy (non-hydrogen) atoms. The highest BCUT2D eigenvalue weighted by atomic mass is 32.2. The van der Waals surface area contributed by atoms with Gasteiger partial charge in [0.2, 0.25) is 0 Å². The molecule has 0 radical (unpaired) electrons. The molecule has 5 heteroatoms. The second-order valence-electron chi connectivity index (χ2n) is 6.71. The van der Waals surface area contributed by atoms with Gasteiger partial charge in [0, 0.05) is 11.2 Å². The first-order chi connectivity index (χ1) is 9.98. The lowest BCUT2D eigenvalue weighted by molar-refractivity contribution is -0.135. The van der Waals surface area contributed by atoms with Crippen LogP contribution < -0.4 is 0 Å². The number of rotatable bonds is 3. The summed E-state index contributed by atoms with van der Waals surface area (Å²) in [5, 5.41) is 21.9. The lowest BCUT2D eigenvalue weighted by atomic mass is 9.77. The van der Waals surface area contributed by atoms with Crippen molar-refractivity contribution in [3.05, 3.63) is 11.0 Å². The van der Waals surface area contributed by atoms with Gasteiger partial charge in [-0.05, 0) is 25.7 Å². The van der Waals surface area contributed by atoms with Gasteiger partial charge in [0.05, 0.1) is 23.2 Å². The van der Waals surface area contributed by atoms with Crippen molar-refractivity contribution in [2.75, 3.05) is 7.11 Å². The predicted molar refractivity (Wildman–Crippen MR) is 81.8 cm³/mol. The number of carbonyl (C=O) groups excluding carboxylic acids is 1. The van der Waals surface area contributed by atoms with E-state index in [0.717, 1.165) is 51.4 Å². The van der Waals surface area contributed by atoms with Gasteiger partial charge < -0.3 is 14.9 Å². The van der Waals surface area contributed by atoms with Crippen molar-refractivity contribution in [2.45, 2.75) is 67.8 Å². The van der Waals surface area contributed by atoms with Crippen molar-refractivity contribution < 1.29 is 19.7 Å². The van der Waals surface area contributed by atoms with Crippen LogP contribution >= 0.6 is 11.8 Å². The zero-order valence-electron chi connectivity index (χ0n) is 12.5. The number of hydrogen-bond donors (Lipinski definition) is 2. The quantitative estimate of drug-likeness (QED) is 0.783. The molecule has 0 aromatic heterocycles. The van der Waals surface area contributed by atoms with Gasteiger partial charge in [0.15, 0.2) is 0 Å². The fourth-order valence-corrected chi connectivity index (χ4v) is 5.80. The first-order valence-corrected chi connectivity index (χ1v) is 8.78. The summed E-state index contributed by atoms with van der Waals surface area (Å²) in [5.74, 6) is -0.502. The number of carbonyl (C=O) groups is 1. The maximum atomic E-state index is 11.9. The Kier molecular flexibility index (Phi) is 4.10. The molecule has 1 heterocycles. The summed E-state index contributed by atoms with van der Waals surface area (Å²) < 4.78 is 4.83. The van der Waals surface area contributed by atoms with E-state index in [0.29, 0.717) is 4.91 Å². The van der Waals surface area contributed by atoms with E-state index in [4.69, 9.17) is 4.74 Å². The van der Waals surface area contributed by atoms with E-state index < -0.39 is 11.2 Å². The molecule has 2 N–H and O–H groups in total. The van der Waals surface area contributed by atoms with Crippen LogP contribution in [0, 0.1) is 5.92 Å². The highest BCUT2D eigenvalue weighted by Gasteiger charge is 2.54. The summed E-state index contributed by atoms with van der Waals surface area (Å²) >= 11 is 1.41. The molecular formula is C16H24O4S. The van der Waals surface area contributed by atoms with Gasteiger partial charge in [0.1, 0.15) is 0 Å². The molecule has 0 aromatic carbocycles. The van der Waals surface area contributed by atoms with Gasteiger partial charge in [0.25, 0.3) is 0 Å². The standard InChI is InChI=1S/C16H24O4S/c1-20-14(17)12-10-11(15(18)6-2-3-7-15)13(21-12)16(19)8-4-5-9-16/h10-11,13,18-19H,2-9H2,1H3/t11-,13-/m1/s1. The Balaban J connectivity index is 1.90. The molecule has 2 aliphatic carbocycles. The van der Waals surface area contributed by atoms with E-state index in [1.54, 1.807) is 0 Å². The zero-order chi connectivity index (χ0) is 15.1. The Morgan fingerprint density at radius 3 is 2.19 bits per heavy atom. The van der Waals surface area contributed by atoms with E-state index in [2.05, 4.69) is 0 Å². The first-order valence-electron chi connectivity index (χ1n) is 7.90. The van der Waals surface area contributed by atoms with Gasteiger partial charge in [-0.1, -0.05) is 31.8 Å². The Labute approximate surface area is 129 Å². The second kappa shape index (κ2) is 5.60. The molecule has 118 valence electrons. The molecule has 2 saturated carbocycles. The Hall–Kier alpha value is -0.520. The lowest BCUT2D eigenvalue weighted by Crippen LogP contribution is -2.48. The third-order valence-corrected chi connectivity index (χ3v) is 6.93. The molecule has 3 aliphatic rings. The van der Waals surface area contributed by atoms with Crippen molar-refractivity contribution in [1.82, 2.24) is 0 Å². The average Bonchev–Trinajstić information content (AvgIpc) is 3.17. The van der Waals surface area contributed by atoms with Crippen LogP contribution in [0.1, 0.15) is 51.4 Å². The summed E-state index contributed by atoms with van der Waals surface area (Å²) in [6.45, 7) is 0. The molecule has 4 nitrogen and oxygen atoms in total. The number of esters is 1. The number of aliphatic hydroxyl groups is 2. The van der Waals surface area contributed by atoms with Crippen LogP contribution in [0.25, 0.3) is 0 Å². The van der Waals surface area contributed by atoms with E-state index in [9.17, 15) is 15.0 Å². The van der Waals surface area contributed by atoms with E-state index in [-0.39, 0.29) is 17.1 Å². The Morgan fingerprint density at radius 2 is 1.67 bits per heavy atom. The monoisotopic (exact) mass is 312 g/mol. The topological polar surface area (TPSA) is 66.8 Å². The number of ether oxygens (including phenoxy) is 1. The van der Waals surface area contributed by atoms with E-state index in [1.165, 1.54) is 18.9 Å². The SMILES string of the molecule is COC(=O)C1=C[C@@H](C2(O)CCCC2)[C@H](C2(O)CCCC2)S1. The molecule has 3 rings (SSSR count). The fraction of sp³-hybridized carbons (Fsp3) is 0.812. The summed E-state index contributed by atoms with van der Waals surface area (Å²) in [4.78, 5) is 12.4. The highest BCUT2D eigenvalue weighted by Crippen LogP contribution is 2.54. The summed E-state index contributed by atoms with van der Waals surface area (Å²) in [7, 11) is 1.38. The molecule has 0 bridgehead atoms. The highest BCUT2D eigenvalue weighted by molar-refractivity contribution is 8.04. The third-order valence-electron chi connectivity index (χ3n) is 5.39. The molecule has 1 aliphatic heterocycles. The molecular weight excluding hydrogens is 288 g/mol. The normalized spacial score (nSPS) is 34.0. The van der Waals surface area contributed by atoms with Crippen molar-refractivity contribution in [3.8, 4) is 0 Å². The van der Waals surface area contributed by atoms with Gasteiger partial charge >= 0.3 is 5.97 Å². The van der Waals surface area contributed by atoms with Gasteiger partial charge in [-0.3, -0.25) is 0 Å². The molecule has 2 fully saturated rings. The predicted octanol–water partition coefficient (Wildman–Crippen LogP) is 2.39. The van der Waals surface area contributed by atoms with Gasteiger partial charge in [-0.25, -0.2) is 4.79 Å². The maximum absolute atomic E-state index is 11.9. The maximum Gasteiger partial charge on any atom is 0.344 e. The third kappa shape index (κ3) is 2.64. The number of methoxy groups -OCH3 is 1.